The molecule has 0 aliphatic heterocycles. The molecule has 3 saturated carbocycles. The van der Waals surface area contributed by atoms with Crippen LogP contribution in [0, 0.1) is 42.3 Å². The molecule has 1 aromatic rings. The summed E-state index contributed by atoms with van der Waals surface area (Å²) in [4.78, 5) is 0. The molecule has 0 nitrogen and oxygen atoms in total. The predicted octanol–water partition coefficient (Wildman–Crippen LogP) is 7.65. The van der Waals surface area contributed by atoms with Crippen LogP contribution in [-0.2, 0) is 0 Å². The van der Waals surface area contributed by atoms with Crippen molar-refractivity contribution in [1.29, 1.82) is 0 Å². The molecule has 26 heavy (non-hydrogen) atoms. The molecule has 0 heterocycles. The van der Waals surface area contributed by atoms with E-state index in [9.17, 15) is 4.39 Å². The van der Waals surface area contributed by atoms with Crippen LogP contribution in [0.5, 0.6) is 0 Å². The van der Waals surface area contributed by atoms with Gasteiger partial charge in [0.2, 0.25) is 0 Å². The van der Waals surface area contributed by atoms with Crippen LogP contribution in [0.2, 0.25) is 0 Å². The van der Waals surface area contributed by atoms with E-state index in [0.717, 1.165) is 35.2 Å². The second-order valence-electron chi connectivity index (χ2n) is 9.80. The number of rotatable bonds is 3. The summed E-state index contributed by atoms with van der Waals surface area (Å²) >= 11 is 0. The highest BCUT2D eigenvalue weighted by molar-refractivity contribution is 5.26. The predicted molar refractivity (Wildman–Crippen MR) is 108 cm³/mol. The Balaban J connectivity index is 1.30. The standard InChI is InChI=1S/C25H37F/c1-3-18-5-7-23-15-22(13-12-21(23)14-18)19-8-10-20(11-9-19)24-6-4-17(2)25(26)16-24/h4,6,16,18-23H,3,5,7-15H2,1-2H3. The minimum absolute atomic E-state index is 0.0226. The zero-order chi connectivity index (χ0) is 18.1. The lowest BCUT2D eigenvalue weighted by molar-refractivity contribution is 0.0629. The molecule has 0 amide bonds. The van der Waals surface area contributed by atoms with Gasteiger partial charge in [0.15, 0.2) is 0 Å². The molecule has 3 aliphatic carbocycles. The quantitative estimate of drug-likeness (QED) is 0.521. The van der Waals surface area contributed by atoms with Crippen LogP contribution < -0.4 is 0 Å². The minimum Gasteiger partial charge on any atom is -0.207 e. The van der Waals surface area contributed by atoms with Crippen molar-refractivity contribution in [2.45, 2.75) is 90.4 Å². The van der Waals surface area contributed by atoms with Crippen LogP contribution in [0.25, 0.3) is 0 Å². The first-order valence-corrected chi connectivity index (χ1v) is 11.4. The van der Waals surface area contributed by atoms with Gasteiger partial charge in [-0.1, -0.05) is 31.9 Å². The molecule has 4 atom stereocenters. The van der Waals surface area contributed by atoms with Crippen molar-refractivity contribution in [2.24, 2.45) is 29.6 Å². The summed E-state index contributed by atoms with van der Waals surface area (Å²) in [5, 5.41) is 0. The van der Waals surface area contributed by atoms with Crippen molar-refractivity contribution in [3.05, 3.63) is 35.1 Å². The van der Waals surface area contributed by atoms with E-state index in [0.29, 0.717) is 5.92 Å². The Labute approximate surface area is 160 Å². The van der Waals surface area contributed by atoms with Crippen LogP contribution in [-0.4, -0.2) is 0 Å². The summed E-state index contributed by atoms with van der Waals surface area (Å²) in [6.07, 6.45) is 15.8. The Morgan fingerprint density at radius 3 is 2.12 bits per heavy atom. The molecule has 1 heteroatoms. The van der Waals surface area contributed by atoms with Gasteiger partial charge in [-0.15, -0.1) is 0 Å². The molecular formula is C25H37F. The third-order valence-electron chi connectivity index (χ3n) is 8.45. The summed E-state index contributed by atoms with van der Waals surface area (Å²) in [6, 6.07) is 5.93. The topological polar surface area (TPSA) is 0 Å². The molecule has 4 rings (SSSR count). The normalized spacial score (nSPS) is 38.0. The molecule has 0 bridgehead atoms. The van der Waals surface area contributed by atoms with Crippen molar-refractivity contribution < 1.29 is 4.39 Å². The fourth-order valence-corrected chi connectivity index (χ4v) is 6.61. The van der Waals surface area contributed by atoms with Crippen molar-refractivity contribution >= 4 is 0 Å². The number of hydrogen-bond donors (Lipinski definition) is 0. The van der Waals surface area contributed by atoms with Crippen LogP contribution in [0.3, 0.4) is 0 Å². The lowest BCUT2D eigenvalue weighted by Gasteiger charge is -2.45. The zero-order valence-corrected chi connectivity index (χ0v) is 16.9. The van der Waals surface area contributed by atoms with E-state index in [1.54, 1.807) is 6.07 Å². The monoisotopic (exact) mass is 356 g/mol. The van der Waals surface area contributed by atoms with Gasteiger partial charge in [0.25, 0.3) is 0 Å². The molecule has 0 N–H and O–H groups in total. The molecular weight excluding hydrogens is 319 g/mol. The van der Waals surface area contributed by atoms with E-state index >= 15 is 0 Å². The smallest absolute Gasteiger partial charge is 0.126 e. The van der Waals surface area contributed by atoms with Crippen molar-refractivity contribution in [1.82, 2.24) is 0 Å². The van der Waals surface area contributed by atoms with Crippen molar-refractivity contribution in [3.8, 4) is 0 Å². The molecule has 0 radical (unpaired) electrons. The maximum atomic E-state index is 13.9. The van der Waals surface area contributed by atoms with E-state index in [2.05, 4.69) is 13.0 Å². The number of aryl methyl sites for hydroxylation is 1. The van der Waals surface area contributed by atoms with Crippen LogP contribution >= 0.6 is 0 Å². The largest absolute Gasteiger partial charge is 0.207 e. The lowest BCUT2D eigenvalue weighted by atomic mass is 9.60. The number of benzene rings is 1. The molecule has 0 spiro atoms. The van der Waals surface area contributed by atoms with Gasteiger partial charge in [0.1, 0.15) is 5.82 Å². The van der Waals surface area contributed by atoms with Gasteiger partial charge in [-0.2, -0.15) is 0 Å². The summed E-state index contributed by atoms with van der Waals surface area (Å²) in [7, 11) is 0. The molecule has 0 aromatic heterocycles. The fraction of sp³-hybridized carbons (Fsp3) is 0.760. The van der Waals surface area contributed by atoms with Gasteiger partial charge in [-0.25, -0.2) is 4.39 Å². The number of hydrogen-bond acceptors (Lipinski definition) is 0. The van der Waals surface area contributed by atoms with Gasteiger partial charge in [0.05, 0.1) is 0 Å². The van der Waals surface area contributed by atoms with Crippen molar-refractivity contribution in [3.63, 3.8) is 0 Å². The van der Waals surface area contributed by atoms with Gasteiger partial charge < -0.3 is 0 Å². The highest BCUT2D eigenvalue weighted by atomic mass is 19.1. The SMILES string of the molecule is CCC1CCC2CC(C3CCC(c4ccc(C)c(F)c4)CC3)CCC2C1. The van der Waals surface area contributed by atoms with E-state index < -0.39 is 0 Å². The Morgan fingerprint density at radius 2 is 1.42 bits per heavy atom. The Hall–Kier alpha value is -0.850. The van der Waals surface area contributed by atoms with Crippen LogP contribution in [0.15, 0.2) is 18.2 Å². The first-order chi connectivity index (χ1) is 12.6. The molecule has 0 saturated heterocycles. The second-order valence-corrected chi connectivity index (χ2v) is 9.80. The van der Waals surface area contributed by atoms with Crippen LogP contribution in [0.4, 0.5) is 4.39 Å². The molecule has 1 aromatic carbocycles. The summed E-state index contributed by atoms with van der Waals surface area (Å²) in [5.74, 6) is 5.63. The van der Waals surface area contributed by atoms with Crippen molar-refractivity contribution in [2.75, 3.05) is 0 Å². The molecule has 3 fully saturated rings. The average molecular weight is 357 g/mol. The average Bonchev–Trinajstić information content (AvgIpc) is 2.69. The third kappa shape index (κ3) is 3.87. The number of fused-ring (bicyclic) bond motifs is 1. The molecule has 144 valence electrons. The van der Waals surface area contributed by atoms with Gasteiger partial charge >= 0.3 is 0 Å². The second kappa shape index (κ2) is 8.03. The Bertz CT molecular complexity index is 598. The van der Waals surface area contributed by atoms with E-state index in [4.69, 9.17) is 0 Å². The first kappa shape index (κ1) is 18.5. The van der Waals surface area contributed by atoms with Gasteiger partial charge in [-0.3, -0.25) is 0 Å². The Kier molecular flexibility index (Phi) is 5.72. The molecule has 3 aliphatic rings. The highest BCUT2D eigenvalue weighted by Gasteiger charge is 2.38. The van der Waals surface area contributed by atoms with Gasteiger partial charge in [-0.05, 0) is 117 Å². The minimum atomic E-state index is -0.0226. The fourth-order valence-electron chi connectivity index (χ4n) is 6.61. The summed E-state index contributed by atoms with van der Waals surface area (Å²) < 4.78 is 13.9. The maximum absolute atomic E-state index is 13.9. The summed E-state index contributed by atoms with van der Waals surface area (Å²) in [5.41, 5.74) is 2.02. The van der Waals surface area contributed by atoms with Gasteiger partial charge in [0, 0.05) is 0 Å². The van der Waals surface area contributed by atoms with Crippen LogP contribution in [0.1, 0.15) is 94.6 Å². The summed E-state index contributed by atoms with van der Waals surface area (Å²) in [6.45, 7) is 4.25. The highest BCUT2D eigenvalue weighted by Crippen LogP contribution is 2.50. The maximum Gasteiger partial charge on any atom is 0.126 e. The lowest BCUT2D eigenvalue weighted by Crippen LogP contribution is -2.34. The third-order valence-corrected chi connectivity index (χ3v) is 8.45. The van der Waals surface area contributed by atoms with E-state index in [1.807, 2.05) is 13.0 Å². The zero-order valence-electron chi connectivity index (χ0n) is 16.9. The van der Waals surface area contributed by atoms with E-state index in [-0.39, 0.29) is 5.82 Å². The first-order valence-electron chi connectivity index (χ1n) is 11.4. The molecule has 4 unspecified atom stereocenters. The Morgan fingerprint density at radius 1 is 0.808 bits per heavy atom. The van der Waals surface area contributed by atoms with E-state index in [1.165, 1.54) is 76.2 Å². The number of halogens is 1.